The van der Waals surface area contributed by atoms with E-state index < -0.39 is 16.9 Å². The molecule has 3 rings (SSSR count). The molecule has 1 aliphatic heterocycles. The minimum atomic E-state index is -0.726. The molecule has 26 heavy (non-hydrogen) atoms. The van der Waals surface area contributed by atoms with Crippen molar-refractivity contribution in [1.82, 2.24) is 0 Å². The molecule has 9 heteroatoms. The van der Waals surface area contributed by atoms with Crippen LogP contribution in [0.25, 0.3) is 0 Å². The fourth-order valence-electron chi connectivity index (χ4n) is 2.55. The fraction of sp³-hybridized carbons (Fsp3) is 0.176. The van der Waals surface area contributed by atoms with Crippen LogP contribution in [-0.2, 0) is 9.59 Å². The van der Waals surface area contributed by atoms with E-state index in [2.05, 4.69) is 5.32 Å². The lowest BCUT2D eigenvalue weighted by atomic mass is 10.2. The van der Waals surface area contributed by atoms with E-state index >= 15 is 0 Å². The molecule has 0 aliphatic carbocycles. The average molecular weight is 376 g/mol. The van der Waals surface area contributed by atoms with Gasteiger partial charge in [0.15, 0.2) is 6.10 Å². The van der Waals surface area contributed by atoms with E-state index in [0.717, 1.165) is 0 Å². The van der Waals surface area contributed by atoms with Crippen LogP contribution in [0, 0.1) is 10.1 Å². The van der Waals surface area contributed by atoms with E-state index in [0.29, 0.717) is 22.1 Å². The molecule has 134 valence electrons. The molecule has 2 aromatic rings. The van der Waals surface area contributed by atoms with Gasteiger partial charge in [-0.2, -0.15) is 0 Å². The minimum Gasteiger partial charge on any atom is -0.479 e. The quantitative estimate of drug-likeness (QED) is 0.653. The molecule has 0 bridgehead atoms. The molecule has 0 aromatic heterocycles. The standard InChI is InChI=1S/C17H14ClN3O5/c1-10-17(23)20(14-8-11(18)2-7-15(14)26-10)9-16(22)19-12-3-5-13(6-4-12)21(24)25/h2-8,10H,9H2,1H3,(H,19,22). The highest BCUT2D eigenvalue weighted by Crippen LogP contribution is 2.36. The number of halogens is 1. The van der Waals surface area contributed by atoms with Crippen LogP contribution >= 0.6 is 11.6 Å². The lowest BCUT2D eigenvalue weighted by Crippen LogP contribution is -2.47. The zero-order valence-electron chi connectivity index (χ0n) is 13.6. The van der Waals surface area contributed by atoms with Gasteiger partial charge in [0, 0.05) is 22.8 Å². The molecular weight excluding hydrogens is 362 g/mol. The Morgan fingerprint density at radius 2 is 2.00 bits per heavy atom. The van der Waals surface area contributed by atoms with Crippen molar-refractivity contribution in [1.29, 1.82) is 0 Å². The van der Waals surface area contributed by atoms with Crippen LogP contribution in [0.15, 0.2) is 42.5 Å². The molecule has 1 heterocycles. The monoisotopic (exact) mass is 375 g/mol. The van der Waals surface area contributed by atoms with Crippen molar-refractivity contribution >= 4 is 40.5 Å². The first-order valence-electron chi connectivity index (χ1n) is 7.67. The number of carbonyl (C=O) groups is 2. The fourth-order valence-corrected chi connectivity index (χ4v) is 2.72. The summed E-state index contributed by atoms with van der Waals surface area (Å²) in [5.74, 6) is -0.351. The normalized spacial score (nSPS) is 15.8. The van der Waals surface area contributed by atoms with Gasteiger partial charge >= 0.3 is 0 Å². The Hall–Kier alpha value is -3.13. The zero-order chi connectivity index (χ0) is 18.8. The maximum absolute atomic E-state index is 12.4. The minimum absolute atomic E-state index is 0.0799. The van der Waals surface area contributed by atoms with Crippen LogP contribution < -0.4 is 15.0 Å². The number of hydrogen-bond acceptors (Lipinski definition) is 5. The molecule has 2 amide bonds. The first-order chi connectivity index (χ1) is 12.3. The van der Waals surface area contributed by atoms with Crippen molar-refractivity contribution in [3.8, 4) is 5.75 Å². The van der Waals surface area contributed by atoms with Crippen molar-refractivity contribution in [3.05, 3.63) is 57.6 Å². The van der Waals surface area contributed by atoms with Gasteiger partial charge in [0.05, 0.1) is 10.6 Å². The van der Waals surface area contributed by atoms with Gasteiger partial charge in [-0.25, -0.2) is 0 Å². The summed E-state index contributed by atoms with van der Waals surface area (Å²) in [6.45, 7) is 1.36. The number of amides is 2. The van der Waals surface area contributed by atoms with E-state index in [9.17, 15) is 19.7 Å². The number of non-ortho nitro benzene ring substituents is 1. The SMILES string of the molecule is CC1Oc2ccc(Cl)cc2N(CC(=O)Nc2ccc([N+](=O)[O-])cc2)C1=O. The van der Waals surface area contributed by atoms with E-state index in [1.807, 2.05) is 0 Å². The molecular formula is C17H14ClN3O5. The van der Waals surface area contributed by atoms with Gasteiger partial charge in [-0.05, 0) is 37.3 Å². The highest BCUT2D eigenvalue weighted by atomic mass is 35.5. The van der Waals surface area contributed by atoms with Gasteiger partial charge in [-0.1, -0.05) is 11.6 Å². The average Bonchev–Trinajstić information content (AvgIpc) is 2.60. The van der Waals surface area contributed by atoms with Gasteiger partial charge in [0.2, 0.25) is 5.91 Å². The van der Waals surface area contributed by atoms with Gasteiger partial charge < -0.3 is 10.1 Å². The van der Waals surface area contributed by atoms with E-state index in [1.54, 1.807) is 25.1 Å². The Bertz CT molecular complexity index is 884. The Balaban J connectivity index is 1.77. The molecule has 0 fully saturated rings. The number of anilines is 2. The Labute approximate surface area is 153 Å². The number of nitro groups is 1. The summed E-state index contributed by atoms with van der Waals surface area (Å²) in [6.07, 6.45) is -0.726. The molecule has 0 saturated carbocycles. The van der Waals surface area contributed by atoms with E-state index in [-0.39, 0.29) is 18.1 Å². The molecule has 0 saturated heterocycles. The zero-order valence-corrected chi connectivity index (χ0v) is 14.4. The predicted molar refractivity (Wildman–Crippen MR) is 95.6 cm³/mol. The molecule has 8 nitrogen and oxygen atoms in total. The van der Waals surface area contributed by atoms with Gasteiger partial charge in [0.25, 0.3) is 11.6 Å². The summed E-state index contributed by atoms with van der Waals surface area (Å²) in [5, 5.41) is 13.7. The molecule has 0 spiro atoms. The lowest BCUT2D eigenvalue weighted by molar-refractivity contribution is -0.384. The third kappa shape index (κ3) is 3.60. The molecule has 1 aliphatic rings. The molecule has 1 atom stereocenters. The topological polar surface area (TPSA) is 102 Å². The van der Waals surface area contributed by atoms with Crippen molar-refractivity contribution < 1.29 is 19.2 Å². The molecule has 1 unspecified atom stereocenters. The van der Waals surface area contributed by atoms with Gasteiger partial charge in [-0.3, -0.25) is 24.6 Å². The highest BCUT2D eigenvalue weighted by Gasteiger charge is 2.32. The number of nitro benzene ring substituents is 1. The number of ether oxygens (including phenoxy) is 1. The van der Waals surface area contributed by atoms with Crippen molar-refractivity contribution in [3.63, 3.8) is 0 Å². The number of hydrogen-bond donors (Lipinski definition) is 1. The van der Waals surface area contributed by atoms with E-state index in [4.69, 9.17) is 16.3 Å². The second kappa shape index (κ2) is 7.01. The number of nitrogens with one attached hydrogen (secondary N) is 1. The summed E-state index contributed by atoms with van der Waals surface area (Å²) in [5.41, 5.74) is 0.726. The lowest BCUT2D eigenvalue weighted by Gasteiger charge is -2.32. The third-order valence-corrected chi connectivity index (χ3v) is 4.03. The van der Waals surface area contributed by atoms with Gasteiger partial charge in [0.1, 0.15) is 12.3 Å². The largest absolute Gasteiger partial charge is 0.479 e. The summed E-state index contributed by atoms with van der Waals surface area (Å²) in [4.78, 5) is 36.2. The van der Waals surface area contributed by atoms with Crippen LogP contribution in [0.3, 0.4) is 0 Å². The van der Waals surface area contributed by atoms with E-state index in [1.165, 1.54) is 29.2 Å². The van der Waals surface area contributed by atoms with Crippen LogP contribution in [0.4, 0.5) is 17.1 Å². The number of rotatable bonds is 4. The summed E-state index contributed by atoms with van der Waals surface area (Å²) in [6, 6.07) is 10.2. The maximum atomic E-state index is 12.4. The van der Waals surface area contributed by atoms with Crippen molar-refractivity contribution in [2.24, 2.45) is 0 Å². The number of carbonyl (C=O) groups excluding carboxylic acids is 2. The Morgan fingerprint density at radius 3 is 2.65 bits per heavy atom. The van der Waals surface area contributed by atoms with Crippen LogP contribution in [-0.4, -0.2) is 29.4 Å². The summed E-state index contributed by atoms with van der Waals surface area (Å²) >= 11 is 5.98. The smallest absolute Gasteiger partial charge is 0.269 e. The van der Waals surface area contributed by atoms with Crippen LogP contribution in [0.5, 0.6) is 5.75 Å². The van der Waals surface area contributed by atoms with Crippen molar-refractivity contribution in [2.75, 3.05) is 16.8 Å². The van der Waals surface area contributed by atoms with Gasteiger partial charge in [-0.15, -0.1) is 0 Å². The summed E-state index contributed by atoms with van der Waals surface area (Å²) < 4.78 is 5.52. The predicted octanol–water partition coefficient (Wildman–Crippen LogP) is 3.00. The first-order valence-corrected chi connectivity index (χ1v) is 8.05. The van der Waals surface area contributed by atoms with Crippen LogP contribution in [0.1, 0.15) is 6.92 Å². The van der Waals surface area contributed by atoms with Crippen LogP contribution in [0.2, 0.25) is 5.02 Å². The second-order valence-electron chi connectivity index (χ2n) is 5.65. The Kier molecular flexibility index (Phi) is 4.77. The molecule has 0 radical (unpaired) electrons. The van der Waals surface area contributed by atoms with Crippen molar-refractivity contribution in [2.45, 2.75) is 13.0 Å². The highest BCUT2D eigenvalue weighted by molar-refractivity contribution is 6.31. The third-order valence-electron chi connectivity index (χ3n) is 3.79. The first kappa shape index (κ1) is 17.7. The number of fused-ring (bicyclic) bond motifs is 1. The second-order valence-corrected chi connectivity index (χ2v) is 6.09. The number of benzene rings is 2. The molecule has 1 N–H and O–H groups in total. The summed E-state index contributed by atoms with van der Waals surface area (Å²) in [7, 11) is 0. The maximum Gasteiger partial charge on any atom is 0.269 e. The molecule has 2 aromatic carbocycles. The number of nitrogens with zero attached hydrogens (tertiary/aromatic N) is 2. The Morgan fingerprint density at radius 1 is 1.31 bits per heavy atom.